The number of ether oxygens (including phenoxy) is 2. The number of halogens is 3. The van der Waals surface area contributed by atoms with E-state index in [1.807, 2.05) is 0 Å². The van der Waals surface area contributed by atoms with E-state index in [-0.39, 0.29) is 0 Å². The van der Waals surface area contributed by atoms with Gasteiger partial charge in [-0.25, -0.2) is 0 Å². The maximum atomic E-state index is 12.5. The van der Waals surface area contributed by atoms with E-state index >= 15 is 0 Å². The Labute approximate surface area is 113 Å². The number of benzene rings is 2. The highest BCUT2D eigenvalue weighted by Crippen LogP contribution is 2.43. The van der Waals surface area contributed by atoms with Crippen LogP contribution in [-0.2, 0) is 12.0 Å². The standard InChI is InChI=1S/C15H11F3O2/c1-14(19-12-4-2-3-5-13(12)20-14)10-6-8-11(9-7-10)15(16,17)18/h2-9H,1H3. The van der Waals surface area contributed by atoms with Gasteiger partial charge in [-0.1, -0.05) is 24.3 Å². The molecule has 1 aliphatic heterocycles. The van der Waals surface area contributed by atoms with Gasteiger partial charge in [0.1, 0.15) is 0 Å². The molecule has 0 aromatic heterocycles. The number of alkyl halides is 3. The molecule has 0 amide bonds. The van der Waals surface area contributed by atoms with E-state index in [0.717, 1.165) is 12.1 Å². The molecule has 0 atom stereocenters. The molecule has 0 saturated heterocycles. The van der Waals surface area contributed by atoms with E-state index in [1.165, 1.54) is 12.1 Å². The van der Waals surface area contributed by atoms with Gasteiger partial charge < -0.3 is 9.47 Å². The number of hydrogen-bond donors (Lipinski definition) is 0. The third kappa shape index (κ3) is 2.09. The van der Waals surface area contributed by atoms with Crippen LogP contribution in [0.15, 0.2) is 48.5 Å². The Morgan fingerprint density at radius 3 is 1.80 bits per heavy atom. The fourth-order valence-electron chi connectivity index (χ4n) is 2.14. The lowest BCUT2D eigenvalue weighted by atomic mass is 10.1. The van der Waals surface area contributed by atoms with Crippen molar-refractivity contribution in [3.8, 4) is 11.5 Å². The van der Waals surface area contributed by atoms with E-state index in [1.54, 1.807) is 31.2 Å². The third-order valence-corrected chi connectivity index (χ3v) is 3.20. The minimum atomic E-state index is -4.35. The van der Waals surface area contributed by atoms with Crippen molar-refractivity contribution in [1.82, 2.24) is 0 Å². The average molecular weight is 280 g/mol. The molecule has 0 spiro atoms. The van der Waals surface area contributed by atoms with Gasteiger partial charge in [0.05, 0.1) is 5.56 Å². The summed E-state index contributed by atoms with van der Waals surface area (Å²) in [6.45, 7) is 1.68. The van der Waals surface area contributed by atoms with Crippen LogP contribution in [0, 0.1) is 0 Å². The normalized spacial score (nSPS) is 16.2. The predicted molar refractivity (Wildman–Crippen MR) is 66.5 cm³/mol. The largest absolute Gasteiger partial charge is 0.445 e. The van der Waals surface area contributed by atoms with E-state index in [0.29, 0.717) is 17.1 Å². The van der Waals surface area contributed by atoms with Crippen molar-refractivity contribution >= 4 is 0 Å². The molecular weight excluding hydrogens is 269 g/mol. The summed E-state index contributed by atoms with van der Waals surface area (Å²) < 4.78 is 49.0. The van der Waals surface area contributed by atoms with Crippen LogP contribution in [-0.4, -0.2) is 0 Å². The second-order valence-corrected chi connectivity index (χ2v) is 4.67. The first-order valence-corrected chi connectivity index (χ1v) is 6.03. The predicted octanol–water partition coefficient (Wildman–Crippen LogP) is 4.35. The molecule has 2 nitrogen and oxygen atoms in total. The van der Waals surface area contributed by atoms with Gasteiger partial charge in [0.2, 0.25) is 0 Å². The second kappa shape index (κ2) is 4.16. The highest BCUT2D eigenvalue weighted by Gasteiger charge is 2.39. The molecule has 3 rings (SSSR count). The van der Waals surface area contributed by atoms with Gasteiger partial charge in [-0.2, -0.15) is 13.2 Å². The summed E-state index contributed by atoms with van der Waals surface area (Å²) >= 11 is 0. The Morgan fingerprint density at radius 1 is 0.850 bits per heavy atom. The van der Waals surface area contributed by atoms with Crippen molar-refractivity contribution < 1.29 is 22.6 Å². The third-order valence-electron chi connectivity index (χ3n) is 3.20. The van der Waals surface area contributed by atoms with Gasteiger partial charge in [-0.15, -0.1) is 0 Å². The molecule has 20 heavy (non-hydrogen) atoms. The van der Waals surface area contributed by atoms with Crippen LogP contribution in [0.2, 0.25) is 0 Å². The Bertz CT molecular complexity index is 607. The smallest absolute Gasteiger partial charge is 0.416 e. The lowest BCUT2D eigenvalue weighted by molar-refractivity contribution is -0.137. The molecule has 2 aromatic carbocycles. The zero-order valence-corrected chi connectivity index (χ0v) is 10.6. The summed E-state index contributed by atoms with van der Waals surface area (Å²) in [6.07, 6.45) is -4.35. The molecule has 0 saturated carbocycles. The Kier molecular flexibility index (Phi) is 2.67. The quantitative estimate of drug-likeness (QED) is 0.773. The molecule has 0 aliphatic carbocycles. The summed E-state index contributed by atoms with van der Waals surface area (Å²) in [5.74, 6) is 0.0539. The molecular formula is C15H11F3O2. The van der Waals surface area contributed by atoms with Crippen LogP contribution in [0.25, 0.3) is 0 Å². The zero-order chi connectivity index (χ0) is 14.4. The second-order valence-electron chi connectivity index (χ2n) is 4.67. The van der Waals surface area contributed by atoms with Crippen molar-refractivity contribution in [3.05, 3.63) is 59.7 Å². The molecule has 0 bridgehead atoms. The molecule has 0 radical (unpaired) electrons. The minimum absolute atomic E-state index is 0.529. The molecule has 2 aromatic rings. The van der Waals surface area contributed by atoms with Crippen LogP contribution < -0.4 is 9.47 Å². The van der Waals surface area contributed by atoms with Crippen LogP contribution in [0.4, 0.5) is 13.2 Å². The van der Waals surface area contributed by atoms with Gasteiger partial charge in [-0.3, -0.25) is 0 Å². The molecule has 1 aliphatic rings. The lowest BCUT2D eigenvalue weighted by Crippen LogP contribution is -2.31. The molecule has 104 valence electrons. The van der Waals surface area contributed by atoms with E-state index in [4.69, 9.17) is 9.47 Å². The van der Waals surface area contributed by atoms with Gasteiger partial charge in [0, 0.05) is 12.5 Å². The van der Waals surface area contributed by atoms with Gasteiger partial charge >= 0.3 is 6.18 Å². The minimum Gasteiger partial charge on any atom is -0.445 e. The van der Waals surface area contributed by atoms with Crippen molar-refractivity contribution in [1.29, 1.82) is 0 Å². The Hall–Kier alpha value is -2.17. The molecule has 1 heterocycles. The highest BCUT2D eigenvalue weighted by atomic mass is 19.4. The lowest BCUT2D eigenvalue weighted by Gasteiger charge is -2.23. The molecule has 0 N–H and O–H groups in total. The molecule has 5 heteroatoms. The first kappa shape index (κ1) is 12.8. The summed E-state index contributed by atoms with van der Waals surface area (Å²) in [5.41, 5.74) is -0.165. The van der Waals surface area contributed by atoms with Gasteiger partial charge in [0.25, 0.3) is 5.79 Å². The Balaban J connectivity index is 1.91. The van der Waals surface area contributed by atoms with Crippen molar-refractivity contribution in [2.45, 2.75) is 18.9 Å². The topological polar surface area (TPSA) is 18.5 Å². The molecule has 0 unspecified atom stereocenters. The first-order chi connectivity index (χ1) is 9.38. The van der Waals surface area contributed by atoms with E-state index in [2.05, 4.69) is 0 Å². The van der Waals surface area contributed by atoms with E-state index in [9.17, 15) is 13.2 Å². The van der Waals surface area contributed by atoms with Crippen LogP contribution in [0.3, 0.4) is 0 Å². The fourth-order valence-corrected chi connectivity index (χ4v) is 2.14. The number of hydrogen-bond acceptors (Lipinski definition) is 2. The monoisotopic (exact) mass is 280 g/mol. The van der Waals surface area contributed by atoms with Crippen molar-refractivity contribution in [3.63, 3.8) is 0 Å². The zero-order valence-electron chi connectivity index (χ0n) is 10.6. The van der Waals surface area contributed by atoms with Crippen molar-refractivity contribution in [2.75, 3.05) is 0 Å². The van der Waals surface area contributed by atoms with E-state index < -0.39 is 17.5 Å². The Morgan fingerprint density at radius 2 is 1.35 bits per heavy atom. The summed E-state index contributed by atoms with van der Waals surface area (Å²) in [5, 5.41) is 0. The number of rotatable bonds is 1. The van der Waals surface area contributed by atoms with Gasteiger partial charge in [-0.05, 0) is 24.3 Å². The average Bonchev–Trinajstić information content (AvgIpc) is 2.75. The van der Waals surface area contributed by atoms with Crippen LogP contribution in [0.5, 0.6) is 11.5 Å². The summed E-state index contributed by atoms with van der Waals surface area (Å²) in [4.78, 5) is 0. The summed E-state index contributed by atoms with van der Waals surface area (Å²) in [7, 11) is 0. The number of fused-ring (bicyclic) bond motifs is 1. The van der Waals surface area contributed by atoms with Crippen LogP contribution >= 0.6 is 0 Å². The first-order valence-electron chi connectivity index (χ1n) is 6.03. The maximum absolute atomic E-state index is 12.5. The SMILES string of the molecule is CC1(c2ccc(C(F)(F)F)cc2)Oc2ccccc2O1. The summed E-state index contributed by atoms with van der Waals surface area (Å²) in [6, 6.07) is 11.9. The fraction of sp³-hybridized carbons (Fsp3) is 0.200. The van der Waals surface area contributed by atoms with Gasteiger partial charge in [0.15, 0.2) is 11.5 Å². The van der Waals surface area contributed by atoms with Crippen molar-refractivity contribution in [2.24, 2.45) is 0 Å². The molecule has 0 fully saturated rings. The van der Waals surface area contributed by atoms with Crippen LogP contribution in [0.1, 0.15) is 18.1 Å². The number of para-hydroxylation sites is 2. The maximum Gasteiger partial charge on any atom is 0.416 e. The highest BCUT2D eigenvalue weighted by molar-refractivity contribution is 5.44.